The average molecular weight is 318 g/mol. The second-order valence-corrected chi connectivity index (χ2v) is 5.57. The zero-order valence-corrected chi connectivity index (χ0v) is 13.6. The molecule has 2 aromatic rings. The number of halogens is 1. The highest BCUT2D eigenvalue weighted by Gasteiger charge is 2.14. The molecule has 0 aliphatic heterocycles. The molecule has 0 radical (unpaired) electrons. The van der Waals surface area contributed by atoms with Gasteiger partial charge in [-0.25, -0.2) is 0 Å². The molecule has 0 heterocycles. The number of hydrogen-bond donors (Lipinski definition) is 1. The maximum atomic E-state index is 12.3. The lowest BCUT2D eigenvalue weighted by molar-refractivity contribution is 0.0934. The SMILES string of the molecule is CCC(C)NC(=O)c1ccccc1OCc1ccccc1Cl. The maximum Gasteiger partial charge on any atom is 0.255 e. The summed E-state index contributed by atoms with van der Waals surface area (Å²) in [7, 11) is 0. The zero-order chi connectivity index (χ0) is 15.9. The van der Waals surface area contributed by atoms with E-state index in [1.165, 1.54) is 0 Å². The topological polar surface area (TPSA) is 38.3 Å². The lowest BCUT2D eigenvalue weighted by Crippen LogP contribution is -2.32. The van der Waals surface area contributed by atoms with Crippen LogP contribution in [0.25, 0.3) is 0 Å². The molecule has 3 nitrogen and oxygen atoms in total. The Balaban J connectivity index is 2.11. The number of para-hydroxylation sites is 1. The van der Waals surface area contributed by atoms with Gasteiger partial charge in [-0.3, -0.25) is 4.79 Å². The Morgan fingerprint density at radius 3 is 2.59 bits per heavy atom. The normalized spacial score (nSPS) is 11.8. The van der Waals surface area contributed by atoms with Crippen molar-refractivity contribution in [3.05, 3.63) is 64.7 Å². The third-order valence-electron chi connectivity index (χ3n) is 3.46. The molecule has 4 heteroatoms. The Morgan fingerprint density at radius 2 is 1.86 bits per heavy atom. The van der Waals surface area contributed by atoms with Crippen LogP contribution < -0.4 is 10.1 Å². The first-order chi connectivity index (χ1) is 10.6. The summed E-state index contributed by atoms with van der Waals surface area (Å²) in [6, 6.07) is 14.9. The van der Waals surface area contributed by atoms with Gasteiger partial charge in [0.1, 0.15) is 12.4 Å². The van der Waals surface area contributed by atoms with Crippen LogP contribution in [0.15, 0.2) is 48.5 Å². The summed E-state index contributed by atoms with van der Waals surface area (Å²) in [6.45, 7) is 4.34. The van der Waals surface area contributed by atoms with Gasteiger partial charge in [0.15, 0.2) is 0 Å². The van der Waals surface area contributed by atoms with Gasteiger partial charge in [-0.2, -0.15) is 0 Å². The van der Waals surface area contributed by atoms with Crippen molar-refractivity contribution in [2.75, 3.05) is 0 Å². The molecule has 0 fully saturated rings. The lowest BCUT2D eigenvalue weighted by atomic mass is 10.1. The fourth-order valence-electron chi connectivity index (χ4n) is 1.95. The molecule has 1 N–H and O–H groups in total. The summed E-state index contributed by atoms with van der Waals surface area (Å²) in [6.07, 6.45) is 0.883. The molecule has 0 bridgehead atoms. The minimum Gasteiger partial charge on any atom is -0.488 e. The van der Waals surface area contributed by atoms with E-state index in [4.69, 9.17) is 16.3 Å². The Bertz CT molecular complexity index is 642. The maximum absolute atomic E-state index is 12.3. The third kappa shape index (κ3) is 4.25. The quantitative estimate of drug-likeness (QED) is 0.855. The van der Waals surface area contributed by atoms with E-state index in [9.17, 15) is 4.79 Å². The standard InChI is InChI=1S/C18H20ClNO2/c1-3-13(2)20-18(21)15-9-5-7-11-17(15)22-12-14-8-4-6-10-16(14)19/h4-11,13H,3,12H2,1-2H3,(H,20,21). The van der Waals surface area contributed by atoms with E-state index in [2.05, 4.69) is 5.32 Å². The number of carbonyl (C=O) groups excluding carboxylic acids is 1. The Hall–Kier alpha value is -2.00. The van der Waals surface area contributed by atoms with Gasteiger partial charge >= 0.3 is 0 Å². The first-order valence-corrected chi connectivity index (χ1v) is 7.75. The minimum absolute atomic E-state index is 0.121. The summed E-state index contributed by atoms with van der Waals surface area (Å²) in [5.41, 5.74) is 1.43. The lowest BCUT2D eigenvalue weighted by Gasteiger charge is -2.15. The number of nitrogens with one attached hydrogen (secondary N) is 1. The van der Waals surface area contributed by atoms with E-state index < -0.39 is 0 Å². The molecule has 0 aromatic heterocycles. The molecule has 1 atom stereocenters. The van der Waals surface area contributed by atoms with Gasteiger partial charge in [0, 0.05) is 16.6 Å². The first-order valence-electron chi connectivity index (χ1n) is 7.38. The molecular formula is C18H20ClNO2. The van der Waals surface area contributed by atoms with Crippen LogP contribution in [0.4, 0.5) is 0 Å². The highest BCUT2D eigenvalue weighted by molar-refractivity contribution is 6.31. The summed E-state index contributed by atoms with van der Waals surface area (Å²) in [5, 5.41) is 3.61. The molecule has 1 unspecified atom stereocenters. The second kappa shape index (κ2) is 7.85. The zero-order valence-electron chi connectivity index (χ0n) is 12.8. The number of carbonyl (C=O) groups is 1. The van der Waals surface area contributed by atoms with Gasteiger partial charge in [-0.05, 0) is 31.5 Å². The highest BCUT2D eigenvalue weighted by atomic mass is 35.5. The van der Waals surface area contributed by atoms with Crippen LogP contribution >= 0.6 is 11.6 Å². The third-order valence-corrected chi connectivity index (χ3v) is 3.83. The van der Waals surface area contributed by atoms with Crippen molar-refractivity contribution >= 4 is 17.5 Å². The molecule has 0 saturated carbocycles. The van der Waals surface area contributed by atoms with Crippen LogP contribution in [0, 0.1) is 0 Å². The van der Waals surface area contributed by atoms with Gasteiger partial charge < -0.3 is 10.1 Å². The van der Waals surface area contributed by atoms with Crippen molar-refractivity contribution in [3.8, 4) is 5.75 Å². The van der Waals surface area contributed by atoms with Crippen molar-refractivity contribution in [3.63, 3.8) is 0 Å². The van der Waals surface area contributed by atoms with Gasteiger partial charge in [0.2, 0.25) is 0 Å². The summed E-state index contributed by atoms with van der Waals surface area (Å²) in [5.74, 6) is 0.437. The molecule has 0 spiro atoms. The fourth-order valence-corrected chi connectivity index (χ4v) is 2.14. The molecule has 116 valence electrons. The van der Waals surface area contributed by atoms with Crippen LogP contribution in [0.2, 0.25) is 5.02 Å². The van der Waals surface area contributed by atoms with Crippen LogP contribution in [-0.4, -0.2) is 11.9 Å². The Labute approximate surface area is 136 Å². The highest BCUT2D eigenvalue weighted by Crippen LogP contribution is 2.22. The number of amides is 1. The minimum atomic E-state index is -0.121. The van der Waals surface area contributed by atoms with E-state index in [-0.39, 0.29) is 11.9 Å². The monoisotopic (exact) mass is 317 g/mol. The van der Waals surface area contributed by atoms with E-state index in [0.717, 1.165) is 12.0 Å². The van der Waals surface area contributed by atoms with Gasteiger partial charge in [-0.15, -0.1) is 0 Å². The Kier molecular flexibility index (Phi) is 5.84. The van der Waals surface area contributed by atoms with Gasteiger partial charge in [0.25, 0.3) is 5.91 Å². The Morgan fingerprint density at radius 1 is 1.18 bits per heavy atom. The predicted octanol–water partition coefficient (Wildman–Crippen LogP) is 4.45. The molecule has 0 saturated heterocycles. The van der Waals surface area contributed by atoms with Crippen LogP contribution in [0.5, 0.6) is 5.75 Å². The fraction of sp³-hybridized carbons (Fsp3) is 0.278. The summed E-state index contributed by atoms with van der Waals surface area (Å²) >= 11 is 6.12. The van der Waals surface area contributed by atoms with Crippen molar-refractivity contribution in [2.45, 2.75) is 32.9 Å². The van der Waals surface area contributed by atoms with Crippen LogP contribution in [0.1, 0.15) is 36.2 Å². The molecule has 1 amide bonds. The van der Waals surface area contributed by atoms with Crippen LogP contribution in [0.3, 0.4) is 0 Å². The second-order valence-electron chi connectivity index (χ2n) is 5.16. The predicted molar refractivity (Wildman–Crippen MR) is 89.4 cm³/mol. The van der Waals surface area contributed by atoms with Gasteiger partial charge in [-0.1, -0.05) is 48.9 Å². The van der Waals surface area contributed by atoms with E-state index in [0.29, 0.717) is 22.9 Å². The summed E-state index contributed by atoms with van der Waals surface area (Å²) in [4.78, 5) is 12.3. The number of ether oxygens (including phenoxy) is 1. The summed E-state index contributed by atoms with van der Waals surface area (Å²) < 4.78 is 5.80. The number of hydrogen-bond acceptors (Lipinski definition) is 2. The van der Waals surface area contributed by atoms with E-state index in [1.807, 2.05) is 50.2 Å². The average Bonchev–Trinajstić information content (AvgIpc) is 2.54. The van der Waals surface area contributed by atoms with E-state index in [1.54, 1.807) is 12.1 Å². The molecule has 22 heavy (non-hydrogen) atoms. The van der Waals surface area contributed by atoms with Crippen molar-refractivity contribution in [2.24, 2.45) is 0 Å². The smallest absolute Gasteiger partial charge is 0.255 e. The molecule has 0 aliphatic carbocycles. The van der Waals surface area contributed by atoms with Crippen molar-refractivity contribution in [1.82, 2.24) is 5.32 Å². The van der Waals surface area contributed by atoms with Crippen molar-refractivity contribution < 1.29 is 9.53 Å². The number of benzene rings is 2. The largest absolute Gasteiger partial charge is 0.488 e. The molecular weight excluding hydrogens is 298 g/mol. The van der Waals surface area contributed by atoms with Crippen molar-refractivity contribution in [1.29, 1.82) is 0 Å². The van der Waals surface area contributed by atoms with Gasteiger partial charge in [0.05, 0.1) is 5.56 Å². The molecule has 2 rings (SSSR count). The molecule has 0 aliphatic rings. The first kappa shape index (κ1) is 16.4. The molecule has 2 aromatic carbocycles. The van der Waals surface area contributed by atoms with E-state index >= 15 is 0 Å². The number of rotatable bonds is 6. The van der Waals surface area contributed by atoms with Crippen LogP contribution in [-0.2, 0) is 6.61 Å².